The quantitative estimate of drug-likeness (QED) is 0.706. The van der Waals surface area contributed by atoms with Gasteiger partial charge < -0.3 is 5.32 Å². The van der Waals surface area contributed by atoms with E-state index < -0.39 is 0 Å². The molecule has 0 heterocycles. The van der Waals surface area contributed by atoms with Crippen LogP contribution in [0, 0.1) is 13.8 Å². The van der Waals surface area contributed by atoms with Gasteiger partial charge in [-0.15, -0.1) is 0 Å². The van der Waals surface area contributed by atoms with Crippen LogP contribution in [0.25, 0.3) is 0 Å². The molecule has 0 spiro atoms. The van der Waals surface area contributed by atoms with E-state index in [0.717, 1.165) is 13.1 Å². The molecule has 14 heavy (non-hydrogen) atoms. The van der Waals surface area contributed by atoms with Crippen LogP contribution >= 0.6 is 0 Å². The molecule has 0 radical (unpaired) electrons. The molecule has 0 aromatic heterocycles. The van der Waals surface area contributed by atoms with Gasteiger partial charge in [0.25, 0.3) is 0 Å². The lowest BCUT2D eigenvalue weighted by atomic mass is 10.00. The van der Waals surface area contributed by atoms with E-state index >= 15 is 0 Å². The second-order valence-corrected chi connectivity index (χ2v) is 3.82. The van der Waals surface area contributed by atoms with Crippen molar-refractivity contribution in [3.63, 3.8) is 0 Å². The topological polar surface area (TPSA) is 12.0 Å². The van der Waals surface area contributed by atoms with Gasteiger partial charge in [-0.25, -0.2) is 0 Å². The molecule has 0 atom stereocenters. The second-order valence-electron chi connectivity index (χ2n) is 3.82. The van der Waals surface area contributed by atoms with E-state index in [1.807, 2.05) is 0 Å². The van der Waals surface area contributed by atoms with Crippen molar-refractivity contribution in [2.24, 2.45) is 0 Å². The SMILES string of the molecule is CCNCCCc1cccc(C)c1C. The Balaban J connectivity index is 2.46. The molecule has 1 heteroatoms. The molecule has 0 fully saturated rings. The molecule has 1 nitrogen and oxygen atoms in total. The predicted octanol–water partition coefficient (Wildman–Crippen LogP) is 2.85. The van der Waals surface area contributed by atoms with Crippen molar-refractivity contribution in [3.8, 4) is 0 Å². The Kier molecular flexibility index (Phi) is 4.68. The molecule has 78 valence electrons. The third-order valence-corrected chi connectivity index (χ3v) is 2.77. The average Bonchev–Trinajstić information content (AvgIpc) is 2.19. The van der Waals surface area contributed by atoms with E-state index in [9.17, 15) is 0 Å². The minimum Gasteiger partial charge on any atom is -0.317 e. The molecule has 1 aromatic rings. The van der Waals surface area contributed by atoms with Crippen LogP contribution in [-0.2, 0) is 6.42 Å². The molecule has 0 amide bonds. The number of nitrogens with one attached hydrogen (secondary N) is 1. The van der Waals surface area contributed by atoms with Crippen LogP contribution in [0.15, 0.2) is 18.2 Å². The van der Waals surface area contributed by atoms with Crippen LogP contribution in [0.3, 0.4) is 0 Å². The van der Waals surface area contributed by atoms with E-state index in [2.05, 4.69) is 44.3 Å². The van der Waals surface area contributed by atoms with Crippen molar-refractivity contribution < 1.29 is 0 Å². The van der Waals surface area contributed by atoms with Gasteiger partial charge in [0, 0.05) is 0 Å². The van der Waals surface area contributed by atoms with Crippen molar-refractivity contribution in [1.29, 1.82) is 0 Å². The van der Waals surface area contributed by atoms with Gasteiger partial charge in [-0.05, 0) is 56.5 Å². The van der Waals surface area contributed by atoms with Crippen molar-refractivity contribution in [1.82, 2.24) is 5.32 Å². The fourth-order valence-electron chi connectivity index (χ4n) is 1.66. The molecule has 1 aromatic carbocycles. The lowest BCUT2D eigenvalue weighted by Gasteiger charge is -2.08. The van der Waals surface area contributed by atoms with E-state index in [1.165, 1.54) is 29.5 Å². The van der Waals surface area contributed by atoms with E-state index in [4.69, 9.17) is 0 Å². The zero-order valence-corrected chi connectivity index (χ0v) is 9.56. The highest BCUT2D eigenvalue weighted by molar-refractivity contribution is 5.33. The maximum Gasteiger partial charge on any atom is -0.00459 e. The van der Waals surface area contributed by atoms with E-state index in [0.29, 0.717) is 0 Å². The van der Waals surface area contributed by atoms with Crippen LogP contribution < -0.4 is 5.32 Å². The van der Waals surface area contributed by atoms with Crippen LogP contribution in [0.2, 0.25) is 0 Å². The molecule has 0 saturated carbocycles. The Morgan fingerprint density at radius 1 is 1.21 bits per heavy atom. The summed E-state index contributed by atoms with van der Waals surface area (Å²) in [4.78, 5) is 0. The standard InChI is InChI=1S/C13H21N/c1-4-14-10-6-9-13-8-5-7-11(2)12(13)3/h5,7-8,14H,4,6,9-10H2,1-3H3. The van der Waals surface area contributed by atoms with Crippen LogP contribution in [0.1, 0.15) is 30.0 Å². The normalized spacial score (nSPS) is 10.5. The highest BCUT2D eigenvalue weighted by Crippen LogP contribution is 2.13. The Morgan fingerprint density at radius 3 is 2.71 bits per heavy atom. The third kappa shape index (κ3) is 3.15. The molecule has 0 unspecified atom stereocenters. The van der Waals surface area contributed by atoms with Gasteiger partial charge in [0.15, 0.2) is 0 Å². The average molecular weight is 191 g/mol. The van der Waals surface area contributed by atoms with Crippen LogP contribution in [-0.4, -0.2) is 13.1 Å². The highest BCUT2D eigenvalue weighted by Gasteiger charge is 1.99. The molecule has 1 rings (SSSR count). The lowest BCUT2D eigenvalue weighted by Crippen LogP contribution is -2.14. The minimum atomic E-state index is 1.08. The summed E-state index contributed by atoms with van der Waals surface area (Å²) >= 11 is 0. The van der Waals surface area contributed by atoms with Gasteiger partial charge in [-0.2, -0.15) is 0 Å². The first-order valence-electron chi connectivity index (χ1n) is 5.51. The molecular weight excluding hydrogens is 170 g/mol. The molecule has 0 bridgehead atoms. The molecule has 0 aliphatic heterocycles. The van der Waals surface area contributed by atoms with Gasteiger partial charge in [0.1, 0.15) is 0 Å². The summed E-state index contributed by atoms with van der Waals surface area (Å²) in [6.07, 6.45) is 2.43. The van der Waals surface area contributed by atoms with E-state index in [1.54, 1.807) is 0 Å². The van der Waals surface area contributed by atoms with E-state index in [-0.39, 0.29) is 0 Å². The fraction of sp³-hybridized carbons (Fsp3) is 0.538. The monoisotopic (exact) mass is 191 g/mol. The zero-order valence-electron chi connectivity index (χ0n) is 9.56. The largest absolute Gasteiger partial charge is 0.317 e. The number of hydrogen-bond acceptors (Lipinski definition) is 1. The van der Waals surface area contributed by atoms with Crippen LogP contribution in [0.5, 0.6) is 0 Å². The number of aryl methyl sites for hydroxylation is 2. The maximum atomic E-state index is 3.35. The van der Waals surface area contributed by atoms with Crippen molar-refractivity contribution in [3.05, 3.63) is 34.9 Å². The van der Waals surface area contributed by atoms with Crippen molar-refractivity contribution >= 4 is 0 Å². The highest BCUT2D eigenvalue weighted by atomic mass is 14.8. The molecule has 0 aliphatic rings. The summed E-state index contributed by atoms with van der Waals surface area (Å²) in [5.41, 5.74) is 4.37. The van der Waals surface area contributed by atoms with Crippen molar-refractivity contribution in [2.75, 3.05) is 13.1 Å². The summed E-state index contributed by atoms with van der Waals surface area (Å²) < 4.78 is 0. The predicted molar refractivity (Wildman–Crippen MR) is 62.8 cm³/mol. The number of benzene rings is 1. The first-order valence-corrected chi connectivity index (χ1v) is 5.51. The maximum absolute atomic E-state index is 3.35. The Labute approximate surface area is 87.5 Å². The molecular formula is C13H21N. The first kappa shape index (κ1) is 11.3. The van der Waals surface area contributed by atoms with Crippen LogP contribution in [0.4, 0.5) is 0 Å². The number of hydrogen-bond donors (Lipinski definition) is 1. The van der Waals surface area contributed by atoms with Gasteiger partial charge in [0.2, 0.25) is 0 Å². The smallest absolute Gasteiger partial charge is 0.00459 e. The fourth-order valence-corrected chi connectivity index (χ4v) is 1.66. The molecule has 0 saturated heterocycles. The minimum absolute atomic E-state index is 1.08. The third-order valence-electron chi connectivity index (χ3n) is 2.77. The van der Waals surface area contributed by atoms with Gasteiger partial charge in [-0.3, -0.25) is 0 Å². The van der Waals surface area contributed by atoms with Gasteiger partial charge in [-0.1, -0.05) is 25.1 Å². The Hall–Kier alpha value is -0.820. The summed E-state index contributed by atoms with van der Waals surface area (Å²) in [6.45, 7) is 8.76. The summed E-state index contributed by atoms with van der Waals surface area (Å²) in [6, 6.07) is 6.59. The Bertz CT molecular complexity index is 279. The summed E-state index contributed by atoms with van der Waals surface area (Å²) in [5.74, 6) is 0. The Morgan fingerprint density at radius 2 is 2.00 bits per heavy atom. The second kappa shape index (κ2) is 5.82. The summed E-state index contributed by atoms with van der Waals surface area (Å²) in [5, 5.41) is 3.35. The molecule has 1 N–H and O–H groups in total. The van der Waals surface area contributed by atoms with Gasteiger partial charge in [0.05, 0.1) is 0 Å². The zero-order chi connectivity index (χ0) is 10.4. The first-order chi connectivity index (χ1) is 6.75. The van der Waals surface area contributed by atoms with Gasteiger partial charge >= 0.3 is 0 Å². The number of rotatable bonds is 5. The molecule has 0 aliphatic carbocycles. The summed E-state index contributed by atoms with van der Waals surface area (Å²) in [7, 11) is 0. The van der Waals surface area contributed by atoms with Crippen molar-refractivity contribution in [2.45, 2.75) is 33.6 Å². The lowest BCUT2D eigenvalue weighted by molar-refractivity contribution is 0.671.